The van der Waals surface area contributed by atoms with Gasteiger partial charge in [0.15, 0.2) is 0 Å². The number of piperazine rings is 1. The molecule has 4 amide bonds. The number of hydrogen-bond donors (Lipinski definition) is 1. The lowest BCUT2D eigenvalue weighted by Crippen LogP contribution is -2.53. The summed E-state index contributed by atoms with van der Waals surface area (Å²) in [5, 5.41) is 5.64. The van der Waals surface area contributed by atoms with Crippen molar-refractivity contribution >= 4 is 34.4 Å². The maximum absolute atomic E-state index is 12.8. The Bertz CT molecular complexity index is 650. The van der Waals surface area contributed by atoms with Gasteiger partial charge in [-0.1, -0.05) is 0 Å². The zero-order chi connectivity index (χ0) is 19.2. The summed E-state index contributed by atoms with van der Waals surface area (Å²) >= 11 is 1.49. The summed E-state index contributed by atoms with van der Waals surface area (Å²) in [5.74, 6) is 0.0850. The lowest BCUT2D eigenvalue weighted by atomic mass is 9.95. The predicted molar refractivity (Wildman–Crippen MR) is 103 cm³/mol. The summed E-state index contributed by atoms with van der Waals surface area (Å²) in [4.78, 5) is 42.0. The Balaban J connectivity index is 1.42. The molecule has 2 saturated heterocycles. The molecule has 0 radical (unpaired) electrons. The number of carbonyl (C=O) groups is 3. The fourth-order valence-corrected chi connectivity index (χ4v) is 4.05. The number of nitrogens with zero attached hydrogens (tertiary/aromatic N) is 3. The van der Waals surface area contributed by atoms with E-state index in [4.69, 9.17) is 4.74 Å². The molecule has 0 atom stereocenters. The second-order valence-corrected chi connectivity index (χ2v) is 7.63. The van der Waals surface area contributed by atoms with Crippen LogP contribution < -0.4 is 5.32 Å². The number of amides is 4. The third-order valence-corrected chi connectivity index (χ3v) is 5.79. The molecule has 27 heavy (non-hydrogen) atoms. The van der Waals surface area contributed by atoms with E-state index in [-0.39, 0.29) is 23.9 Å². The van der Waals surface area contributed by atoms with Crippen molar-refractivity contribution in [3.63, 3.8) is 0 Å². The number of likely N-dealkylation sites (tertiary alicyclic amines) is 1. The van der Waals surface area contributed by atoms with Crippen LogP contribution in [0.15, 0.2) is 17.5 Å². The first-order chi connectivity index (χ1) is 13.1. The monoisotopic (exact) mass is 394 g/mol. The van der Waals surface area contributed by atoms with Crippen molar-refractivity contribution in [1.29, 1.82) is 0 Å². The molecular weight excluding hydrogens is 368 g/mol. The van der Waals surface area contributed by atoms with Crippen LogP contribution in [0.1, 0.15) is 19.8 Å². The van der Waals surface area contributed by atoms with Gasteiger partial charge in [0.2, 0.25) is 5.91 Å². The van der Waals surface area contributed by atoms with Crippen molar-refractivity contribution in [2.45, 2.75) is 19.8 Å². The minimum atomic E-state index is -0.310. The van der Waals surface area contributed by atoms with Gasteiger partial charge in [-0.3, -0.25) is 10.1 Å². The van der Waals surface area contributed by atoms with Gasteiger partial charge in [0.1, 0.15) is 0 Å². The molecule has 0 aliphatic carbocycles. The summed E-state index contributed by atoms with van der Waals surface area (Å²) in [5.41, 5.74) is 0. The fourth-order valence-electron chi connectivity index (χ4n) is 3.45. The highest BCUT2D eigenvalue weighted by Crippen LogP contribution is 2.22. The van der Waals surface area contributed by atoms with Crippen molar-refractivity contribution in [3.8, 4) is 0 Å². The smallest absolute Gasteiger partial charge is 0.409 e. The largest absolute Gasteiger partial charge is 0.450 e. The molecule has 0 aromatic carbocycles. The number of piperidine rings is 1. The minimum absolute atomic E-state index is 0.0510. The molecule has 0 unspecified atom stereocenters. The van der Waals surface area contributed by atoms with Crippen molar-refractivity contribution in [2.24, 2.45) is 5.92 Å². The Morgan fingerprint density at radius 1 is 1.07 bits per heavy atom. The van der Waals surface area contributed by atoms with E-state index in [1.165, 1.54) is 11.3 Å². The van der Waals surface area contributed by atoms with Gasteiger partial charge in [-0.15, -0.1) is 11.3 Å². The van der Waals surface area contributed by atoms with Crippen LogP contribution in [0.2, 0.25) is 0 Å². The van der Waals surface area contributed by atoms with E-state index in [9.17, 15) is 14.4 Å². The summed E-state index contributed by atoms with van der Waals surface area (Å²) in [6.45, 7) is 5.39. The minimum Gasteiger partial charge on any atom is -0.450 e. The number of nitrogens with one attached hydrogen (secondary N) is 1. The Morgan fingerprint density at radius 3 is 2.33 bits per heavy atom. The standard InChI is InChI=1S/C18H26N4O4S/c1-2-26-18(25)22-11-9-20(10-12-22)16(23)14-5-7-21(8-6-14)17(24)19-15-4-3-13-27-15/h3-4,13-14H,2,5-12H2,1H3,(H,19,24). The zero-order valence-electron chi connectivity index (χ0n) is 15.6. The van der Waals surface area contributed by atoms with Gasteiger partial charge < -0.3 is 19.4 Å². The molecule has 0 spiro atoms. The van der Waals surface area contributed by atoms with Gasteiger partial charge in [-0.05, 0) is 37.3 Å². The Labute approximate surface area is 163 Å². The molecular formula is C18H26N4O4S. The number of urea groups is 1. The lowest BCUT2D eigenvalue weighted by molar-refractivity contribution is -0.138. The Hall–Kier alpha value is -2.29. The highest BCUT2D eigenvalue weighted by atomic mass is 32.1. The molecule has 8 nitrogen and oxygen atoms in total. The third kappa shape index (κ3) is 4.91. The number of ether oxygens (including phenoxy) is 1. The van der Waals surface area contributed by atoms with Gasteiger partial charge in [-0.2, -0.15) is 0 Å². The van der Waals surface area contributed by atoms with E-state index in [0.717, 1.165) is 5.00 Å². The summed E-state index contributed by atoms with van der Waals surface area (Å²) in [6, 6.07) is 3.66. The molecule has 1 N–H and O–H groups in total. The number of thiophene rings is 1. The number of anilines is 1. The first-order valence-electron chi connectivity index (χ1n) is 9.38. The average Bonchev–Trinajstić information content (AvgIpc) is 3.21. The van der Waals surface area contributed by atoms with Crippen LogP contribution >= 0.6 is 11.3 Å². The van der Waals surface area contributed by atoms with E-state index >= 15 is 0 Å². The average molecular weight is 394 g/mol. The van der Waals surface area contributed by atoms with Crippen molar-refractivity contribution in [3.05, 3.63) is 17.5 Å². The Morgan fingerprint density at radius 2 is 1.74 bits per heavy atom. The lowest BCUT2D eigenvalue weighted by Gasteiger charge is -2.38. The second-order valence-electron chi connectivity index (χ2n) is 6.68. The molecule has 3 rings (SSSR count). The SMILES string of the molecule is CCOC(=O)N1CCN(C(=O)C2CCN(C(=O)Nc3cccs3)CC2)CC1. The normalized spacial score (nSPS) is 18.3. The first kappa shape index (κ1) is 19.5. The maximum atomic E-state index is 12.8. The van der Waals surface area contributed by atoms with E-state index in [1.807, 2.05) is 22.4 Å². The first-order valence-corrected chi connectivity index (χ1v) is 10.3. The highest BCUT2D eigenvalue weighted by Gasteiger charge is 2.32. The fraction of sp³-hybridized carbons (Fsp3) is 0.611. The second kappa shape index (κ2) is 9.07. The molecule has 0 saturated carbocycles. The van der Waals surface area contributed by atoms with Crippen molar-refractivity contribution in [2.75, 3.05) is 51.2 Å². The van der Waals surface area contributed by atoms with Crippen LogP contribution in [0.3, 0.4) is 0 Å². The van der Waals surface area contributed by atoms with E-state index in [2.05, 4.69) is 5.32 Å². The van der Waals surface area contributed by atoms with Gasteiger partial charge in [0.05, 0.1) is 11.6 Å². The van der Waals surface area contributed by atoms with Gasteiger partial charge in [0, 0.05) is 45.2 Å². The molecule has 2 aliphatic heterocycles. The molecule has 1 aromatic rings. The van der Waals surface area contributed by atoms with Crippen molar-refractivity contribution < 1.29 is 19.1 Å². The van der Waals surface area contributed by atoms with Gasteiger partial charge in [-0.25, -0.2) is 9.59 Å². The number of carbonyl (C=O) groups excluding carboxylic acids is 3. The van der Waals surface area contributed by atoms with Crippen LogP contribution in [-0.4, -0.2) is 78.6 Å². The molecule has 148 valence electrons. The third-order valence-electron chi connectivity index (χ3n) is 5.00. The van der Waals surface area contributed by atoms with Crippen LogP contribution in [0.4, 0.5) is 14.6 Å². The summed E-state index contributed by atoms with van der Waals surface area (Å²) in [6.07, 6.45) is 1.04. The van der Waals surface area contributed by atoms with E-state index in [0.29, 0.717) is 58.7 Å². The van der Waals surface area contributed by atoms with Crippen LogP contribution in [0, 0.1) is 5.92 Å². The maximum Gasteiger partial charge on any atom is 0.409 e. The molecule has 0 bridgehead atoms. The van der Waals surface area contributed by atoms with E-state index in [1.54, 1.807) is 16.7 Å². The van der Waals surface area contributed by atoms with Crippen LogP contribution in [-0.2, 0) is 9.53 Å². The quantitative estimate of drug-likeness (QED) is 0.853. The molecule has 3 heterocycles. The molecule has 2 aliphatic rings. The number of rotatable bonds is 3. The van der Waals surface area contributed by atoms with Crippen LogP contribution in [0.25, 0.3) is 0 Å². The molecule has 2 fully saturated rings. The van der Waals surface area contributed by atoms with Gasteiger partial charge >= 0.3 is 12.1 Å². The number of hydrogen-bond acceptors (Lipinski definition) is 5. The van der Waals surface area contributed by atoms with Crippen LogP contribution in [0.5, 0.6) is 0 Å². The molecule has 9 heteroatoms. The Kier molecular flexibility index (Phi) is 6.54. The zero-order valence-corrected chi connectivity index (χ0v) is 16.4. The highest BCUT2D eigenvalue weighted by molar-refractivity contribution is 7.14. The van der Waals surface area contributed by atoms with Gasteiger partial charge in [0.25, 0.3) is 0 Å². The predicted octanol–water partition coefficient (Wildman–Crippen LogP) is 2.29. The van der Waals surface area contributed by atoms with E-state index < -0.39 is 0 Å². The summed E-state index contributed by atoms with van der Waals surface area (Å²) in [7, 11) is 0. The van der Waals surface area contributed by atoms with Crippen molar-refractivity contribution in [1.82, 2.24) is 14.7 Å². The summed E-state index contributed by atoms with van der Waals surface area (Å²) < 4.78 is 5.01. The topological polar surface area (TPSA) is 82.2 Å². The molecule has 1 aromatic heterocycles.